The third-order valence-corrected chi connectivity index (χ3v) is 2.83. The van der Waals surface area contributed by atoms with Gasteiger partial charge in [0.25, 0.3) is 0 Å². The van der Waals surface area contributed by atoms with Crippen LogP contribution in [-0.2, 0) is 0 Å². The number of aliphatic hydroxyl groups excluding tert-OH is 1. The highest BCUT2D eigenvalue weighted by molar-refractivity contribution is 7.99. The Morgan fingerprint density at radius 1 is 1.38 bits per heavy atom. The molecular formula is C9H9F4NOS. The first-order chi connectivity index (χ1) is 7.30. The second kappa shape index (κ2) is 4.92. The van der Waals surface area contributed by atoms with Gasteiger partial charge in [-0.05, 0) is 18.2 Å². The Labute approximate surface area is 93.4 Å². The van der Waals surface area contributed by atoms with Crippen molar-refractivity contribution in [3.8, 4) is 0 Å². The quantitative estimate of drug-likeness (QED) is 0.495. The first-order valence-electron chi connectivity index (χ1n) is 4.23. The van der Waals surface area contributed by atoms with Crippen molar-refractivity contribution in [3.05, 3.63) is 24.0 Å². The second-order valence-corrected chi connectivity index (χ2v) is 4.15. The third kappa shape index (κ3) is 3.57. The van der Waals surface area contributed by atoms with Crippen molar-refractivity contribution >= 4 is 17.4 Å². The van der Waals surface area contributed by atoms with E-state index in [0.29, 0.717) is 11.8 Å². The zero-order valence-electron chi connectivity index (χ0n) is 7.96. The Kier molecular flexibility index (Phi) is 4.03. The zero-order chi connectivity index (χ0) is 12.3. The molecule has 0 fully saturated rings. The number of anilines is 1. The summed E-state index contributed by atoms with van der Waals surface area (Å²) in [6.45, 7) is 0. The number of benzene rings is 1. The fourth-order valence-electron chi connectivity index (χ4n) is 0.867. The van der Waals surface area contributed by atoms with Crippen molar-refractivity contribution in [1.29, 1.82) is 0 Å². The average Bonchev–Trinajstić information content (AvgIpc) is 2.18. The number of nitrogen functional groups attached to an aromatic ring is 1. The molecule has 0 saturated carbocycles. The molecule has 0 radical (unpaired) electrons. The lowest BCUT2D eigenvalue weighted by atomic mass is 10.3. The maximum atomic E-state index is 12.9. The fourth-order valence-corrected chi connectivity index (χ4v) is 1.76. The SMILES string of the molecule is Nc1ccc(SCC(O)C(F)(F)F)cc1F. The number of alkyl halides is 3. The fraction of sp³-hybridized carbons (Fsp3) is 0.333. The van der Waals surface area contributed by atoms with Crippen molar-refractivity contribution in [2.24, 2.45) is 0 Å². The van der Waals surface area contributed by atoms with Gasteiger partial charge in [-0.2, -0.15) is 13.2 Å². The van der Waals surface area contributed by atoms with Crippen LogP contribution in [0.25, 0.3) is 0 Å². The number of aliphatic hydroxyl groups is 1. The van der Waals surface area contributed by atoms with Crippen LogP contribution in [-0.4, -0.2) is 23.1 Å². The highest BCUT2D eigenvalue weighted by Crippen LogP contribution is 2.27. The van der Waals surface area contributed by atoms with Gasteiger partial charge in [-0.1, -0.05) is 0 Å². The molecule has 2 nitrogen and oxygen atoms in total. The molecule has 0 aromatic heterocycles. The van der Waals surface area contributed by atoms with E-state index in [1.807, 2.05) is 0 Å². The normalized spacial score (nSPS) is 13.8. The van der Waals surface area contributed by atoms with Gasteiger partial charge in [0.2, 0.25) is 0 Å². The van der Waals surface area contributed by atoms with Gasteiger partial charge in [-0.15, -0.1) is 11.8 Å². The first-order valence-corrected chi connectivity index (χ1v) is 5.22. The van der Waals surface area contributed by atoms with Crippen LogP contribution in [0.15, 0.2) is 23.1 Å². The molecule has 0 amide bonds. The van der Waals surface area contributed by atoms with Crippen LogP contribution < -0.4 is 5.73 Å². The summed E-state index contributed by atoms with van der Waals surface area (Å²) in [6, 6.07) is 3.69. The average molecular weight is 255 g/mol. The third-order valence-electron chi connectivity index (χ3n) is 1.76. The van der Waals surface area contributed by atoms with Gasteiger partial charge < -0.3 is 10.8 Å². The first kappa shape index (κ1) is 13.1. The Balaban J connectivity index is 2.58. The van der Waals surface area contributed by atoms with Crippen LogP contribution in [0.2, 0.25) is 0 Å². The summed E-state index contributed by atoms with van der Waals surface area (Å²) >= 11 is 0.713. The van der Waals surface area contributed by atoms with E-state index >= 15 is 0 Å². The lowest BCUT2D eigenvalue weighted by molar-refractivity contribution is -0.195. The predicted octanol–water partition coefficient (Wildman–Crippen LogP) is 2.42. The molecule has 1 aromatic carbocycles. The summed E-state index contributed by atoms with van der Waals surface area (Å²) in [5.74, 6) is -1.26. The molecule has 0 aliphatic carbocycles. The minimum absolute atomic E-state index is 0.0688. The standard InChI is InChI=1S/C9H9F4NOS/c10-6-3-5(1-2-7(6)14)16-4-8(15)9(11,12)13/h1-3,8,15H,4,14H2. The van der Waals surface area contributed by atoms with Gasteiger partial charge in [-0.25, -0.2) is 4.39 Å². The van der Waals surface area contributed by atoms with E-state index in [-0.39, 0.29) is 10.6 Å². The van der Waals surface area contributed by atoms with Crippen LogP contribution in [0.3, 0.4) is 0 Å². The van der Waals surface area contributed by atoms with E-state index in [2.05, 4.69) is 0 Å². The maximum Gasteiger partial charge on any atom is 0.415 e. The molecule has 1 rings (SSSR count). The van der Waals surface area contributed by atoms with E-state index < -0.39 is 23.9 Å². The summed E-state index contributed by atoms with van der Waals surface area (Å²) in [7, 11) is 0. The number of hydrogen-bond donors (Lipinski definition) is 2. The molecule has 7 heteroatoms. The van der Waals surface area contributed by atoms with Gasteiger partial charge in [0.1, 0.15) is 5.82 Å². The Hall–Kier alpha value is -0.950. The molecule has 1 aromatic rings. The highest BCUT2D eigenvalue weighted by Gasteiger charge is 2.37. The summed E-state index contributed by atoms with van der Waals surface area (Å²) in [5.41, 5.74) is 5.13. The van der Waals surface area contributed by atoms with Gasteiger partial charge in [-0.3, -0.25) is 0 Å². The molecule has 0 aliphatic heterocycles. The van der Waals surface area contributed by atoms with Crippen molar-refractivity contribution in [1.82, 2.24) is 0 Å². The van der Waals surface area contributed by atoms with Gasteiger partial charge in [0.05, 0.1) is 5.69 Å². The molecule has 0 heterocycles. The Bertz CT molecular complexity index is 369. The number of halogens is 4. The number of hydrogen-bond acceptors (Lipinski definition) is 3. The molecule has 0 spiro atoms. The largest absolute Gasteiger partial charge is 0.415 e. The summed E-state index contributed by atoms with van der Waals surface area (Å²) < 4.78 is 48.7. The van der Waals surface area contributed by atoms with Crippen LogP contribution in [0.1, 0.15) is 0 Å². The molecule has 0 bridgehead atoms. The second-order valence-electron chi connectivity index (χ2n) is 3.05. The number of nitrogens with two attached hydrogens (primary N) is 1. The van der Waals surface area contributed by atoms with E-state index in [4.69, 9.17) is 10.8 Å². The molecule has 1 unspecified atom stereocenters. The maximum absolute atomic E-state index is 12.9. The van der Waals surface area contributed by atoms with Crippen LogP contribution >= 0.6 is 11.8 Å². The van der Waals surface area contributed by atoms with E-state index in [9.17, 15) is 17.6 Å². The summed E-state index contributed by atoms with van der Waals surface area (Å²) in [6.07, 6.45) is -7.07. The smallest absolute Gasteiger partial charge is 0.396 e. The monoisotopic (exact) mass is 255 g/mol. The highest BCUT2D eigenvalue weighted by atomic mass is 32.2. The van der Waals surface area contributed by atoms with E-state index in [0.717, 1.165) is 6.07 Å². The number of thioether (sulfide) groups is 1. The molecule has 16 heavy (non-hydrogen) atoms. The van der Waals surface area contributed by atoms with E-state index in [1.54, 1.807) is 0 Å². The molecular weight excluding hydrogens is 246 g/mol. The lowest BCUT2D eigenvalue weighted by Crippen LogP contribution is -2.30. The molecule has 90 valence electrons. The van der Waals surface area contributed by atoms with Gasteiger partial charge in [0, 0.05) is 10.6 Å². The van der Waals surface area contributed by atoms with Crippen LogP contribution in [0.4, 0.5) is 23.2 Å². The number of rotatable bonds is 3. The molecule has 1 atom stereocenters. The summed E-state index contributed by atoms with van der Waals surface area (Å²) in [4.78, 5) is 0.287. The van der Waals surface area contributed by atoms with Gasteiger partial charge >= 0.3 is 6.18 Å². The summed E-state index contributed by atoms with van der Waals surface area (Å²) in [5, 5.41) is 8.71. The van der Waals surface area contributed by atoms with Crippen molar-refractivity contribution < 1.29 is 22.7 Å². The topological polar surface area (TPSA) is 46.2 Å². The molecule has 0 aliphatic rings. The Morgan fingerprint density at radius 2 is 2.00 bits per heavy atom. The minimum Gasteiger partial charge on any atom is -0.396 e. The van der Waals surface area contributed by atoms with Crippen LogP contribution in [0, 0.1) is 5.82 Å². The Morgan fingerprint density at radius 3 is 2.50 bits per heavy atom. The lowest BCUT2D eigenvalue weighted by Gasteiger charge is -2.13. The molecule has 3 N–H and O–H groups in total. The van der Waals surface area contributed by atoms with Crippen molar-refractivity contribution in [2.45, 2.75) is 17.2 Å². The van der Waals surface area contributed by atoms with Gasteiger partial charge in [0.15, 0.2) is 6.10 Å². The minimum atomic E-state index is -4.65. The van der Waals surface area contributed by atoms with Crippen molar-refractivity contribution in [3.63, 3.8) is 0 Å². The predicted molar refractivity (Wildman–Crippen MR) is 53.6 cm³/mol. The van der Waals surface area contributed by atoms with Crippen LogP contribution in [0.5, 0.6) is 0 Å². The molecule has 0 saturated heterocycles. The zero-order valence-corrected chi connectivity index (χ0v) is 8.78. The van der Waals surface area contributed by atoms with Crippen molar-refractivity contribution in [2.75, 3.05) is 11.5 Å². The van der Waals surface area contributed by atoms with E-state index in [1.165, 1.54) is 12.1 Å².